The second kappa shape index (κ2) is 6.19. The summed E-state index contributed by atoms with van der Waals surface area (Å²) < 4.78 is 0.695. The van der Waals surface area contributed by atoms with Gasteiger partial charge in [0.2, 0.25) is 0 Å². The molecule has 0 aliphatic heterocycles. The van der Waals surface area contributed by atoms with E-state index in [1.165, 1.54) is 23.1 Å². The molecule has 1 heterocycles. The number of H-pyrrole nitrogens is 1. The van der Waals surface area contributed by atoms with Crippen molar-refractivity contribution in [3.05, 3.63) is 68.8 Å². The second-order valence-corrected chi connectivity index (χ2v) is 5.81. The van der Waals surface area contributed by atoms with Gasteiger partial charge in [0.05, 0.1) is 4.92 Å². The van der Waals surface area contributed by atoms with Crippen LogP contribution >= 0.6 is 15.9 Å². The number of halogens is 1. The maximum Gasteiger partial charge on any atom is 0.270 e. The molecular formula is C16H14BrN3O2. The smallest absolute Gasteiger partial charge is 0.270 e. The topological polar surface area (TPSA) is 71.0 Å². The predicted octanol–water partition coefficient (Wildman–Crippen LogP) is 4.49. The number of non-ortho nitro benzene ring substituents is 1. The molecule has 5 nitrogen and oxygen atoms in total. The van der Waals surface area contributed by atoms with E-state index in [-0.39, 0.29) is 5.69 Å². The lowest BCUT2D eigenvalue weighted by Crippen LogP contribution is -2.05. The normalized spacial score (nSPS) is 10.8. The number of rotatable bonds is 5. The molecule has 0 atom stereocenters. The summed E-state index contributed by atoms with van der Waals surface area (Å²) in [6.45, 7) is 0.748. The number of hydrogen-bond donors (Lipinski definition) is 2. The number of aromatic amines is 1. The van der Waals surface area contributed by atoms with Crippen LogP contribution in [0, 0.1) is 10.1 Å². The highest BCUT2D eigenvalue weighted by Gasteiger charge is 2.09. The molecule has 2 N–H and O–H groups in total. The summed E-state index contributed by atoms with van der Waals surface area (Å²) in [6.07, 6.45) is 2.89. The largest absolute Gasteiger partial charge is 0.384 e. The highest BCUT2D eigenvalue weighted by Crippen LogP contribution is 2.27. The van der Waals surface area contributed by atoms with Crippen molar-refractivity contribution in [3.63, 3.8) is 0 Å². The van der Waals surface area contributed by atoms with Gasteiger partial charge in [0.25, 0.3) is 5.69 Å². The molecule has 2 aromatic carbocycles. The summed E-state index contributed by atoms with van der Waals surface area (Å²) in [7, 11) is 0. The molecule has 0 saturated heterocycles. The van der Waals surface area contributed by atoms with Crippen LogP contribution in [0.15, 0.2) is 53.1 Å². The van der Waals surface area contributed by atoms with Gasteiger partial charge in [-0.1, -0.05) is 18.2 Å². The average Bonchev–Trinajstić information content (AvgIpc) is 2.92. The fraction of sp³-hybridized carbons (Fsp3) is 0.125. The highest BCUT2D eigenvalue weighted by molar-refractivity contribution is 9.10. The quantitative estimate of drug-likeness (QED) is 0.520. The fourth-order valence-electron chi connectivity index (χ4n) is 2.43. The summed E-state index contributed by atoms with van der Waals surface area (Å²) in [5, 5.41) is 15.2. The van der Waals surface area contributed by atoms with Crippen LogP contribution in [-0.2, 0) is 6.42 Å². The molecule has 0 bridgehead atoms. The molecule has 6 heteroatoms. The van der Waals surface area contributed by atoms with Crippen molar-refractivity contribution in [3.8, 4) is 0 Å². The predicted molar refractivity (Wildman–Crippen MR) is 91.3 cm³/mol. The van der Waals surface area contributed by atoms with Gasteiger partial charge < -0.3 is 10.3 Å². The number of hydrogen-bond acceptors (Lipinski definition) is 3. The molecule has 1 aromatic heterocycles. The summed E-state index contributed by atoms with van der Waals surface area (Å²) >= 11 is 3.36. The van der Waals surface area contributed by atoms with Crippen LogP contribution in [0.4, 0.5) is 11.4 Å². The Bertz CT molecular complexity index is 829. The van der Waals surface area contributed by atoms with Crippen molar-refractivity contribution in [2.75, 3.05) is 11.9 Å². The first-order chi connectivity index (χ1) is 10.6. The van der Waals surface area contributed by atoms with E-state index in [4.69, 9.17) is 0 Å². The minimum atomic E-state index is -0.402. The molecule has 0 unspecified atom stereocenters. The third-order valence-electron chi connectivity index (χ3n) is 3.55. The molecule has 112 valence electrons. The van der Waals surface area contributed by atoms with Gasteiger partial charge in [-0.2, -0.15) is 0 Å². The van der Waals surface area contributed by atoms with Gasteiger partial charge in [0, 0.05) is 45.9 Å². The fourth-order valence-corrected chi connectivity index (χ4v) is 2.94. The van der Waals surface area contributed by atoms with E-state index >= 15 is 0 Å². The third-order valence-corrected chi connectivity index (χ3v) is 4.20. The molecule has 0 aliphatic rings. The maximum atomic E-state index is 10.7. The van der Waals surface area contributed by atoms with Gasteiger partial charge in [-0.3, -0.25) is 10.1 Å². The number of nitro groups is 1. The molecule has 22 heavy (non-hydrogen) atoms. The molecular weight excluding hydrogens is 346 g/mol. The minimum absolute atomic E-state index is 0.0778. The van der Waals surface area contributed by atoms with Gasteiger partial charge in [-0.05, 0) is 40.0 Å². The summed E-state index contributed by atoms with van der Waals surface area (Å²) in [4.78, 5) is 13.6. The van der Waals surface area contributed by atoms with Crippen LogP contribution in [-0.4, -0.2) is 16.5 Å². The molecule has 0 spiro atoms. The second-order valence-electron chi connectivity index (χ2n) is 4.96. The van der Waals surface area contributed by atoms with Gasteiger partial charge in [-0.25, -0.2) is 0 Å². The average molecular weight is 360 g/mol. The Morgan fingerprint density at radius 2 is 2.05 bits per heavy atom. The van der Waals surface area contributed by atoms with E-state index in [2.05, 4.69) is 38.4 Å². The first kappa shape index (κ1) is 14.6. The van der Waals surface area contributed by atoms with Crippen LogP contribution in [0.25, 0.3) is 10.9 Å². The van der Waals surface area contributed by atoms with Crippen LogP contribution in [0.1, 0.15) is 5.56 Å². The van der Waals surface area contributed by atoms with E-state index in [9.17, 15) is 10.1 Å². The van der Waals surface area contributed by atoms with Crippen molar-refractivity contribution in [1.29, 1.82) is 0 Å². The van der Waals surface area contributed by atoms with E-state index in [1.54, 1.807) is 6.07 Å². The highest BCUT2D eigenvalue weighted by atomic mass is 79.9. The van der Waals surface area contributed by atoms with Crippen molar-refractivity contribution < 1.29 is 4.92 Å². The molecule has 0 saturated carbocycles. The van der Waals surface area contributed by atoms with Gasteiger partial charge in [0.15, 0.2) is 0 Å². The molecule has 3 aromatic rings. The lowest BCUT2D eigenvalue weighted by atomic mass is 10.1. The van der Waals surface area contributed by atoms with Crippen molar-refractivity contribution in [1.82, 2.24) is 4.98 Å². The van der Waals surface area contributed by atoms with Crippen molar-refractivity contribution in [2.45, 2.75) is 6.42 Å². The number of aromatic nitrogens is 1. The monoisotopic (exact) mass is 359 g/mol. The van der Waals surface area contributed by atoms with E-state index < -0.39 is 4.92 Å². The number of nitro benzene ring substituents is 1. The molecule has 0 radical (unpaired) electrons. The van der Waals surface area contributed by atoms with Crippen LogP contribution in [0.2, 0.25) is 0 Å². The van der Waals surface area contributed by atoms with Crippen LogP contribution in [0.5, 0.6) is 0 Å². The minimum Gasteiger partial charge on any atom is -0.384 e. The third kappa shape index (κ3) is 2.96. The van der Waals surface area contributed by atoms with E-state index in [0.29, 0.717) is 4.47 Å². The lowest BCUT2D eigenvalue weighted by Gasteiger charge is -2.08. The number of nitrogens with zero attached hydrogens (tertiary/aromatic N) is 1. The van der Waals surface area contributed by atoms with Gasteiger partial charge >= 0.3 is 0 Å². The Morgan fingerprint density at radius 1 is 1.23 bits per heavy atom. The number of anilines is 1. The van der Waals surface area contributed by atoms with Crippen LogP contribution in [0.3, 0.4) is 0 Å². The summed E-state index contributed by atoms with van der Waals surface area (Å²) in [5.74, 6) is 0. The number of benzene rings is 2. The number of fused-ring (bicyclic) bond motifs is 1. The SMILES string of the molecule is O=[N+]([O-])c1ccc(NCCc2c[nH]c3ccccc23)c(Br)c1. The van der Waals surface area contributed by atoms with E-state index in [0.717, 1.165) is 24.2 Å². The number of nitrogens with one attached hydrogen (secondary N) is 2. The van der Waals surface area contributed by atoms with Crippen molar-refractivity contribution in [2.24, 2.45) is 0 Å². The van der Waals surface area contributed by atoms with Gasteiger partial charge in [-0.15, -0.1) is 0 Å². The molecule has 0 aliphatic carbocycles. The molecule has 0 fully saturated rings. The zero-order chi connectivity index (χ0) is 15.5. The Morgan fingerprint density at radius 3 is 2.82 bits per heavy atom. The first-order valence-corrected chi connectivity index (χ1v) is 7.67. The first-order valence-electron chi connectivity index (χ1n) is 6.88. The molecule has 0 amide bonds. The zero-order valence-corrected chi connectivity index (χ0v) is 13.3. The summed E-state index contributed by atoms with van der Waals surface area (Å²) in [5.41, 5.74) is 3.31. The van der Waals surface area contributed by atoms with Gasteiger partial charge in [0.1, 0.15) is 0 Å². The maximum absolute atomic E-state index is 10.7. The van der Waals surface area contributed by atoms with Crippen LogP contribution < -0.4 is 5.32 Å². The Balaban J connectivity index is 1.67. The lowest BCUT2D eigenvalue weighted by molar-refractivity contribution is -0.384. The Hall–Kier alpha value is -2.34. The Kier molecular flexibility index (Phi) is 4.11. The van der Waals surface area contributed by atoms with Crippen molar-refractivity contribution >= 4 is 38.2 Å². The number of para-hydroxylation sites is 1. The summed E-state index contributed by atoms with van der Waals surface area (Å²) in [6, 6.07) is 12.9. The van der Waals surface area contributed by atoms with E-state index in [1.807, 2.05) is 18.3 Å². The molecule has 3 rings (SSSR count). The zero-order valence-electron chi connectivity index (χ0n) is 11.7. The Labute approximate surface area is 135 Å². The standard InChI is InChI=1S/C16H14BrN3O2/c17-14-9-12(20(21)22)5-6-16(14)18-8-7-11-10-19-15-4-2-1-3-13(11)15/h1-6,9-10,18-19H,7-8H2.